The molecule has 0 atom stereocenters. The molecule has 0 aromatic heterocycles. The molecule has 0 saturated carbocycles. The van der Waals surface area contributed by atoms with Gasteiger partial charge in [-0.25, -0.2) is 0 Å². The highest BCUT2D eigenvalue weighted by molar-refractivity contribution is 6.04. The fourth-order valence-electron chi connectivity index (χ4n) is 9.76. The molecule has 4 heteroatoms. The van der Waals surface area contributed by atoms with Crippen molar-refractivity contribution in [1.82, 2.24) is 0 Å². The molecule has 4 nitrogen and oxygen atoms in total. The Morgan fingerprint density at radius 1 is 0.195 bits per heavy atom. The second-order valence-electron chi connectivity index (χ2n) is 19.7. The maximum Gasteiger partial charge on any atom is 0.119 e. The summed E-state index contributed by atoms with van der Waals surface area (Å²) in [6, 6.07) is 84.9. The average molecular weight is 1070 g/mol. The fourth-order valence-corrected chi connectivity index (χ4v) is 9.76. The van der Waals surface area contributed by atoms with Gasteiger partial charge in [0.15, 0.2) is 0 Å². The summed E-state index contributed by atoms with van der Waals surface area (Å²) in [7, 11) is 6.78. The van der Waals surface area contributed by atoms with Crippen LogP contribution in [-0.2, 0) is 0 Å². The Morgan fingerprint density at radius 3 is 0.659 bits per heavy atom. The maximum atomic E-state index is 5.49. The van der Waals surface area contributed by atoms with Crippen LogP contribution in [0.15, 0.2) is 243 Å². The zero-order valence-electron chi connectivity index (χ0n) is 46.7. The van der Waals surface area contributed by atoms with Gasteiger partial charge in [0.25, 0.3) is 0 Å². The molecule has 0 unspecified atom stereocenters. The van der Waals surface area contributed by atoms with Gasteiger partial charge in [0.2, 0.25) is 0 Å². The van der Waals surface area contributed by atoms with Crippen LogP contribution in [0.2, 0.25) is 0 Å². The van der Waals surface area contributed by atoms with Crippen LogP contribution in [0.4, 0.5) is 0 Å². The van der Waals surface area contributed by atoms with Crippen LogP contribution in [0, 0.1) is 0 Å². The smallest absolute Gasteiger partial charge is 0.119 e. The quantitative estimate of drug-likeness (QED) is 0.0713. The Balaban J connectivity index is 0.960. The van der Waals surface area contributed by atoms with Crippen LogP contribution >= 0.6 is 0 Å². The zero-order chi connectivity index (χ0) is 56.3. The first kappa shape index (κ1) is 54.9. The van der Waals surface area contributed by atoms with Crippen molar-refractivity contribution in [2.45, 2.75) is 0 Å². The van der Waals surface area contributed by atoms with E-state index in [1.807, 2.05) is 72.8 Å². The highest BCUT2D eigenvalue weighted by Gasteiger charge is 2.16. The third-order valence-electron chi connectivity index (χ3n) is 14.0. The Bertz CT molecular complexity index is 3570. The molecule has 0 amide bonds. The molecule has 82 heavy (non-hydrogen) atoms. The number of methoxy groups -OCH3 is 4. The van der Waals surface area contributed by atoms with Crippen molar-refractivity contribution in [1.29, 1.82) is 0 Å². The monoisotopic (exact) mass is 1060 g/mol. The number of rotatable bonds is 20. The Morgan fingerprint density at radius 2 is 0.415 bits per heavy atom. The highest BCUT2D eigenvalue weighted by Crippen LogP contribution is 2.38. The maximum absolute atomic E-state index is 5.49. The SMILES string of the molecule is COc1cccc(/C=C/c2cc(/C=C/c3ccc(/C(=C(\c4ccccc4)c4ccc(/C=C/c5cc(/C=C/c6cccc(OC)c6)cc(/C=C/c6cccc(OC)c6)c5)cc4)c4ccccc4)cc3)cc(/C=C/c3cccc(OC)c3)c2)c1. The van der Waals surface area contributed by atoms with E-state index in [0.29, 0.717) is 0 Å². The van der Waals surface area contributed by atoms with Gasteiger partial charge in [-0.05, 0) is 185 Å². The van der Waals surface area contributed by atoms with E-state index < -0.39 is 0 Å². The first-order chi connectivity index (χ1) is 40.4. The minimum absolute atomic E-state index is 0.826. The minimum atomic E-state index is 0.826. The third kappa shape index (κ3) is 15.0. The number of ether oxygens (including phenoxy) is 4. The first-order valence-electron chi connectivity index (χ1n) is 27.4. The highest BCUT2D eigenvalue weighted by atomic mass is 16.5. The van der Waals surface area contributed by atoms with E-state index in [4.69, 9.17) is 18.9 Å². The lowest BCUT2D eigenvalue weighted by atomic mass is 9.85. The molecule has 10 aromatic carbocycles. The first-order valence-corrected chi connectivity index (χ1v) is 27.4. The Hall–Kier alpha value is -10.4. The van der Waals surface area contributed by atoms with Gasteiger partial charge in [-0.3, -0.25) is 0 Å². The van der Waals surface area contributed by atoms with E-state index in [2.05, 4.69) is 243 Å². The third-order valence-corrected chi connectivity index (χ3v) is 14.0. The van der Waals surface area contributed by atoms with Gasteiger partial charge in [-0.2, -0.15) is 0 Å². The molecule has 0 aliphatic heterocycles. The van der Waals surface area contributed by atoms with Crippen LogP contribution in [0.25, 0.3) is 84.1 Å². The van der Waals surface area contributed by atoms with Crippen molar-refractivity contribution < 1.29 is 18.9 Å². The van der Waals surface area contributed by atoms with E-state index in [1.165, 1.54) is 0 Å². The van der Waals surface area contributed by atoms with Gasteiger partial charge < -0.3 is 18.9 Å². The summed E-state index contributed by atoms with van der Waals surface area (Å²) in [5.41, 5.74) is 19.8. The van der Waals surface area contributed by atoms with Crippen LogP contribution in [0.5, 0.6) is 23.0 Å². The molecular formula is C78H64O4. The van der Waals surface area contributed by atoms with E-state index in [0.717, 1.165) is 123 Å². The van der Waals surface area contributed by atoms with Gasteiger partial charge >= 0.3 is 0 Å². The van der Waals surface area contributed by atoms with Gasteiger partial charge in [0.1, 0.15) is 23.0 Å². The van der Waals surface area contributed by atoms with Gasteiger partial charge in [-0.1, -0.05) is 231 Å². The summed E-state index contributed by atoms with van der Waals surface area (Å²) in [5.74, 6) is 3.30. The van der Waals surface area contributed by atoms with E-state index in [-0.39, 0.29) is 0 Å². The molecule has 0 radical (unpaired) electrons. The van der Waals surface area contributed by atoms with Crippen LogP contribution in [0.1, 0.15) is 89.0 Å². The van der Waals surface area contributed by atoms with E-state index in [9.17, 15) is 0 Å². The molecule has 0 heterocycles. The van der Waals surface area contributed by atoms with Crippen molar-refractivity contribution in [2.75, 3.05) is 28.4 Å². The molecule has 10 aromatic rings. The molecular weight excluding hydrogens is 1000 g/mol. The molecule has 10 rings (SSSR count). The minimum Gasteiger partial charge on any atom is -0.497 e. The number of hydrogen-bond acceptors (Lipinski definition) is 4. The van der Waals surface area contributed by atoms with Gasteiger partial charge in [-0.15, -0.1) is 0 Å². The largest absolute Gasteiger partial charge is 0.497 e. The van der Waals surface area contributed by atoms with Crippen LogP contribution < -0.4 is 18.9 Å². The van der Waals surface area contributed by atoms with Gasteiger partial charge in [0.05, 0.1) is 28.4 Å². The van der Waals surface area contributed by atoms with Crippen LogP contribution in [0.3, 0.4) is 0 Å². The predicted octanol–water partition coefficient (Wildman–Crippen LogP) is 19.8. The lowest BCUT2D eigenvalue weighted by Crippen LogP contribution is -1.97. The van der Waals surface area contributed by atoms with E-state index in [1.54, 1.807) is 28.4 Å². The summed E-state index contributed by atoms with van der Waals surface area (Å²) in [6.07, 6.45) is 25.9. The molecule has 0 spiro atoms. The molecule has 0 bridgehead atoms. The summed E-state index contributed by atoms with van der Waals surface area (Å²) in [5, 5.41) is 0. The topological polar surface area (TPSA) is 36.9 Å². The van der Waals surface area contributed by atoms with Gasteiger partial charge in [0, 0.05) is 0 Å². The van der Waals surface area contributed by atoms with Crippen molar-refractivity contribution in [2.24, 2.45) is 0 Å². The molecule has 0 aliphatic rings. The fraction of sp³-hybridized carbons (Fsp3) is 0.0513. The summed E-state index contributed by atoms with van der Waals surface area (Å²) >= 11 is 0. The second kappa shape index (κ2) is 27.4. The van der Waals surface area contributed by atoms with Crippen molar-refractivity contribution in [3.05, 3.63) is 332 Å². The Labute approximate surface area is 483 Å². The summed E-state index contributed by atoms with van der Waals surface area (Å²) in [4.78, 5) is 0. The van der Waals surface area contributed by atoms with Crippen molar-refractivity contribution >= 4 is 84.1 Å². The van der Waals surface area contributed by atoms with Crippen LogP contribution in [-0.4, -0.2) is 28.4 Å². The lowest BCUT2D eigenvalue weighted by molar-refractivity contribution is 0.414. The molecule has 0 saturated heterocycles. The Kier molecular flexibility index (Phi) is 18.4. The molecule has 0 N–H and O–H groups in total. The number of benzene rings is 10. The molecule has 0 fully saturated rings. The lowest BCUT2D eigenvalue weighted by Gasteiger charge is -2.18. The van der Waals surface area contributed by atoms with Crippen molar-refractivity contribution in [3.63, 3.8) is 0 Å². The number of hydrogen-bond donors (Lipinski definition) is 0. The summed E-state index contributed by atoms with van der Waals surface area (Å²) < 4.78 is 22.0. The second-order valence-corrected chi connectivity index (χ2v) is 19.7. The molecule has 0 aliphatic carbocycles. The average Bonchev–Trinajstić information content (AvgIpc) is 3.71. The van der Waals surface area contributed by atoms with E-state index >= 15 is 0 Å². The zero-order valence-corrected chi connectivity index (χ0v) is 46.7. The summed E-state index contributed by atoms with van der Waals surface area (Å²) in [6.45, 7) is 0. The molecule has 400 valence electrons. The van der Waals surface area contributed by atoms with Crippen molar-refractivity contribution in [3.8, 4) is 23.0 Å². The standard InChI is InChI=1S/C78H64O4/c1-79-73-23-11-15-59(53-73)29-35-65-47-63(48-66(51-65)36-30-60-16-12-24-74(54-60)80-2)33-27-57-39-43-71(44-40-57)77(69-19-7-5-8-20-69)78(70-21-9-6-10-22-70)72-45-41-58(42-46-72)28-34-64-49-67(37-31-61-17-13-25-75(55-61)81-3)52-68(50-64)38-32-62-18-14-26-76(56-62)82-4/h5-56H,1-4H3/b33-27+,34-28+,35-29+,36-30+,37-31+,38-32+,78-77+. The normalized spacial score (nSPS) is 12.0. The predicted molar refractivity (Wildman–Crippen MR) is 349 cm³/mol.